The van der Waals surface area contributed by atoms with Gasteiger partial charge in [-0.05, 0) is 35.2 Å². The highest BCUT2D eigenvalue weighted by atomic mass is 19.4. The Morgan fingerprint density at radius 1 is 1.21 bits per heavy atom. The van der Waals surface area contributed by atoms with E-state index in [-0.39, 0.29) is 28.8 Å². The van der Waals surface area contributed by atoms with E-state index in [4.69, 9.17) is 0 Å². The van der Waals surface area contributed by atoms with Gasteiger partial charge in [0.15, 0.2) is 6.61 Å². The zero-order valence-corrected chi connectivity index (χ0v) is 18.3. The maximum atomic E-state index is 13.2. The smallest absolute Gasteiger partial charge is 0.422 e. The van der Waals surface area contributed by atoms with Crippen LogP contribution in [0.5, 0.6) is 5.75 Å². The molecule has 0 aromatic heterocycles. The summed E-state index contributed by atoms with van der Waals surface area (Å²) in [7, 11) is 0. The molecular formula is C24H24F3N3O3. The Kier molecular flexibility index (Phi) is 7.26. The number of anilines is 1. The monoisotopic (exact) mass is 459 g/mol. The fourth-order valence-corrected chi connectivity index (χ4v) is 3.69. The van der Waals surface area contributed by atoms with E-state index in [1.165, 1.54) is 18.2 Å². The first-order chi connectivity index (χ1) is 15.6. The Morgan fingerprint density at radius 2 is 1.91 bits per heavy atom. The summed E-state index contributed by atoms with van der Waals surface area (Å²) in [6.07, 6.45) is -3.90. The van der Waals surface area contributed by atoms with E-state index in [1.807, 2.05) is 38.1 Å². The van der Waals surface area contributed by atoms with E-state index in [1.54, 1.807) is 11.0 Å². The maximum Gasteiger partial charge on any atom is 0.422 e. The Hall–Kier alpha value is -3.54. The second-order valence-electron chi connectivity index (χ2n) is 8.32. The van der Waals surface area contributed by atoms with E-state index in [2.05, 4.69) is 10.1 Å². The van der Waals surface area contributed by atoms with Crippen molar-refractivity contribution in [1.29, 1.82) is 5.26 Å². The molecular weight excluding hydrogens is 435 g/mol. The summed E-state index contributed by atoms with van der Waals surface area (Å²) in [6, 6.07) is 12.4. The van der Waals surface area contributed by atoms with Crippen molar-refractivity contribution in [3.8, 4) is 11.8 Å². The third-order valence-corrected chi connectivity index (χ3v) is 5.21. The Bertz CT molecular complexity index is 1080. The van der Waals surface area contributed by atoms with Gasteiger partial charge in [0.05, 0.1) is 5.56 Å². The van der Waals surface area contributed by atoms with Crippen LogP contribution in [0, 0.1) is 17.2 Å². The lowest BCUT2D eigenvalue weighted by Crippen LogP contribution is -2.50. The third-order valence-electron chi connectivity index (χ3n) is 5.21. The molecule has 6 nitrogen and oxygen atoms in total. The minimum Gasteiger partial charge on any atom is -0.483 e. The van der Waals surface area contributed by atoms with Crippen LogP contribution in [0.2, 0.25) is 0 Å². The summed E-state index contributed by atoms with van der Waals surface area (Å²) in [5.74, 6) is -0.670. The van der Waals surface area contributed by atoms with Gasteiger partial charge in [0.25, 0.3) is 0 Å². The van der Waals surface area contributed by atoms with Gasteiger partial charge in [-0.1, -0.05) is 38.1 Å². The van der Waals surface area contributed by atoms with Gasteiger partial charge in [-0.2, -0.15) is 18.4 Å². The highest BCUT2D eigenvalue weighted by Gasteiger charge is 2.35. The Labute approximate surface area is 189 Å². The molecule has 9 heteroatoms. The molecule has 0 radical (unpaired) electrons. The SMILES string of the molecule is CC(C)CC(=O)N1Cc2ccccc2CC1C(=O)Nc1ccc(OCC(F)(F)F)c(C#N)c1. The summed E-state index contributed by atoms with van der Waals surface area (Å²) >= 11 is 0. The van der Waals surface area contributed by atoms with Gasteiger partial charge in [0.2, 0.25) is 11.8 Å². The van der Waals surface area contributed by atoms with Crippen molar-refractivity contribution in [3.05, 3.63) is 59.2 Å². The molecule has 1 aliphatic heterocycles. The lowest BCUT2D eigenvalue weighted by molar-refractivity contribution is -0.153. The summed E-state index contributed by atoms with van der Waals surface area (Å²) < 4.78 is 42.0. The van der Waals surface area contributed by atoms with Crippen molar-refractivity contribution in [2.24, 2.45) is 5.92 Å². The van der Waals surface area contributed by atoms with Crippen LogP contribution in [-0.2, 0) is 22.6 Å². The molecule has 33 heavy (non-hydrogen) atoms. The van der Waals surface area contributed by atoms with Crippen LogP contribution in [0.1, 0.15) is 37.0 Å². The molecule has 0 fully saturated rings. The normalized spacial score (nSPS) is 15.5. The van der Waals surface area contributed by atoms with Crippen molar-refractivity contribution < 1.29 is 27.5 Å². The number of rotatable bonds is 6. The van der Waals surface area contributed by atoms with Crippen molar-refractivity contribution >= 4 is 17.5 Å². The average molecular weight is 459 g/mol. The van der Waals surface area contributed by atoms with E-state index in [0.29, 0.717) is 19.4 Å². The Balaban J connectivity index is 1.80. The van der Waals surface area contributed by atoms with E-state index in [9.17, 15) is 28.0 Å². The van der Waals surface area contributed by atoms with Crippen LogP contribution in [0.15, 0.2) is 42.5 Å². The number of ether oxygens (including phenoxy) is 1. The number of carbonyl (C=O) groups is 2. The molecule has 0 aliphatic carbocycles. The molecule has 1 atom stereocenters. The number of nitriles is 1. The van der Waals surface area contributed by atoms with Crippen LogP contribution in [0.25, 0.3) is 0 Å². The molecule has 1 N–H and O–H groups in total. The molecule has 3 rings (SSSR count). The fourth-order valence-electron chi connectivity index (χ4n) is 3.69. The predicted octanol–water partition coefficient (Wildman–Crippen LogP) is 4.44. The average Bonchev–Trinajstić information content (AvgIpc) is 2.76. The van der Waals surface area contributed by atoms with E-state index in [0.717, 1.165) is 11.1 Å². The van der Waals surface area contributed by atoms with Crippen molar-refractivity contribution in [1.82, 2.24) is 4.90 Å². The van der Waals surface area contributed by atoms with Crippen LogP contribution in [0.4, 0.5) is 18.9 Å². The second-order valence-corrected chi connectivity index (χ2v) is 8.32. The molecule has 0 saturated heterocycles. The highest BCUT2D eigenvalue weighted by Crippen LogP contribution is 2.28. The molecule has 1 aliphatic rings. The van der Waals surface area contributed by atoms with Gasteiger partial charge in [-0.25, -0.2) is 0 Å². The van der Waals surface area contributed by atoms with Gasteiger partial charge in [0, 0.05) is 25.1 Å². The number of hydrogen-bond acceptors (Lipinski definition) is 4. The number of benzene rings is 2. The van der Waals surface area contributed by atoms with Crippen molar-refractivity contribution in [3.63, 3.8) is 0 Å². The number of halogens is 3. The first-order valence-corrected chi connectivity index (χ1v) is 10.5. The van der Waals surface area contributed by atoms with Crippen LogP contribution in [-0.4, -0.2) is 35.5 Å². The lowest BCUT2D eigenvalue weighted by Gasteiger charge is -2.36. The summed E-state index contributed by atoms with van der Waals surface area (Å²) in [6.45, 7) is 2.64. The number of nitrogens with zero attached hydrogens (tertiary/aromatic N) is 2. The molecule has 2 amide bonds. The van der Waals surface area contributed by atoms with Crippen LogP contribution < -0.4 is 10.1 Å². The molecule has 1 unspecified atom stereocenters. The molecule has 0 saturated carbocycles. The highest BCUT2D eigenvalue weighted by molar-refractivity contribution is 5.98. The van der Waals surface area contributed by atoms with E-state index >= 15 is 0 Å². The van der Waals surface area contributed by atoms with Gasteiger partial charge in [0.1, 0.15) is 17.9 Å². The number of amides is 2. The number of nitrogens with one attached hydrogen (secondary N) is 1. The first-order valence-electron chi connectivity index (χ1n) is 10.5. The van der Waals surface area contributed by atoms with Crippen LogP contribution in [0.3, 0.4) is 0 Å². The first kappa shape index (κ1) is 24.1. The minimum atomic E-state index is -4.54. The van der Waals surface area contributed by atoms with Gasteiger partial charge in [-0.15, -0.1) is 0 Å². The molecule has 2 aromatic carbocycles. The van der Waals surface area contributed by atoms with E-state index < -0.39 is 24.7 Å². The number of fused-ring (bicyclic) bond motifs is 1. The molecule has 0 bridgehead atoms. The molecule has 0 spiro atoms. The zero-order valence-electron chi connectivity index (χ0n) is 18.3. The zero-order chi connectivity index (χ0) is 24.2. The fraction of sp³-hybridized carbons (Fsp3) is 0.375. The summed E-state index contributed by atoms with van der Waals surface area (Å²) in [5, 5.41) is 12.0. The summed E-state index contributed by atoms with van der Waals surface area (Å²) in [4.78, 5) is 27.6. The standard InChI is InChI=1S/C24H24F3N3O3/c1-15(2)9-22(31)30-13-17-6-4-3-5-16(17)11-20(30)23(32)29-19-7-8-21(18(10-19)12-28)33-14-24(25,26)27/h3-8,10,15,20H,9,11,13-14H2,1-2H3,(H,29,32). The minimum absolute atomic E-state index is 0.126. The Morgan fingerprint density at radius 3 is 2.55 bits per heavy atom. The van der Waals surface area contributed by atoms with Gasteiger partial charge in [-0.3, -0.25) is 9.59 Å². The topological polar surface area (TPSA) is 82.4 Å². The van der Waals surface area contributed by atoms with Crippen LogP contribution >= 0.6 is 0 Å². The second kappa shape index (κ2) is 9.94. The van der Waals surface area contributed by atoms with Crippen molar-refractivity contribution in [2.75, 3.05) is 11.9 Å². The number of carbonyl (C=O) groups excluding carboxylic acids is 2. The predicted molar refractivity (Wildman–Crippen MR) is 115 cm³/mol. The van der Waals surface area contributed by atoms with Gasteiger partial charge >= 0.3 is 6.18 Å². The quantitative estimate of drug-likeness (QED) is 0.693. The molecule has 174 valence electrons. The number of alkyl halides is 3. The number of hydrogen-bond donors (Lipinski definition) is 1. The van der Waals surface area contributed by atoms with Gasteiger partial charge < -0.3 is 15.0 Å². The van der Waals surface area contributed by atoms with Crippen molar-refractivity contribution in [2.45, 2.75) is 45.5 Å². The lowest BCUT2D eigenvalue weighted by atomic mass is 9.92. The molecule has 2 aromatic rings. The summed E-state index contributed by atoms with van der Waals surface area (Å²) in [5.41, 5.74) is 2.04. The third kappa shape index (κ3) is 6.25. The maximum absolute atomic E-state index is 13.2. The largest absolute Gasteiger partial charge is 0.483 e. The molecule has 1 heterocycles.